The van der Waals surface area contributed by atoms with E-state index in [0.717, 1.165) is 18.4 Å². The van der Waals surface area contributed by atoms with E-state index < -0.39 is 6.10 Å². The SMILES string of the molecule is COc1ccc([C@H](C)O)c(OCCCC(C)(C)C#N)c1. The largest absolute Gasteiger partial charge is 0.497 e. The fourth-order valence-electron chi connectivity index (χ4n) is 1.86. The van der Waals surface area contributed by atoms with Crippen molar-refractivity contribution in [3.05, 3.63) is 23.8 Å². The highest BCUT2D eigenvalue weighted by Crippen LogP contribution is 2.30. The van der Waals surface area contributed by atoms with E-state index in [1.165, 1.54) is 0 Å². The zero-order valence-electron chi connectivity index (χ0n) is 12.6. The van der Waals surface area contributed by atoms with E-state index in [9.17, 15) is 5.11 Å². The number of benzene rings is 1. The van der Waals surface area contributed by atoms with Gasteiger partial charge in [-0.2, -0.15) is 5.26 Å². The van der Waals surface area contributed by atoms with Crippen LogP contribution in [0.25, 0.3) is 0 Å². The first-order valence-corrected chi connectivity index (χ1v) is 6.79. The third-order valence-electron chi connectivity index (χ3n) is 3.18. The second-order valence-corrected chi connectivity index (χ2v) is 5.53. The van der Waals surface area contributed by atoms with Crippen LogP contribution in [-0.4, -0.2) is 18.8 Å². The van der Waals surface area contributed by atoms with Crippen molar-refractivity contribution in [3.8, 4) is 17.6 Å². The predicted octanol–water partition coefficient (Wildman–Crippen LogP) is 3.46. The highest BCUT2D eigenvalue weighted by atomic mass is 16.5. The molecule has 0 saturated heterocycles. The van der Waals surface area contributed by atoms with E-state index in [0.29, 0.717) is 18.1 Å². The minimum Gasteiger partial charge on any atom is -0.497 e. The molecule has 0 radical (unpaired) electrons. The fraction of sp³-hybridized carbons (Fsp3) is 0.562. The third kappa shape index (κ3) is 4.75. The summed E-state index contributed by atoms with van der Waals surface area (Å²) in [7, 11) is 1.59. The normalized spacial score (nSPS) is 12.6. The molecule has 0 fully saturated rings. The van der Waals surface area contributed by atoms with Gasteiger partial charge >= 0.3 is 0 Å². The Morgan fingerprint density at radius 1 is 1.40 bits per heavy atom. The Morgan fingerprint density at radius 2 is 2.10 bits per heavy atom. The Morgan fingerprint density at radius 3 is 2.65 bits per heavy atom. The molecule has 1 rings (SSSR count). The summed E-state index contributed by atoms with van der Waals surface area (Å²) in [5, 5.41) is 18.7. The molecule has 110 valence electrons. The molecule has 0 saturated carbocycles. The molecule has 0 heterocycles. The number of nitrogens with zero attached hydrogens (tertiary/aromatic N) is 1. The van der Waals surface area contributed by atoms with Gasteiger partial charge in [-0.05, 0) is 45.7 Å². The van der Waals surface area contributed by atoms with Gasteiger partial charge in [-0.1, -0.05) is 0 Å². The molecule has 0 spiro atoms. The van der Waals surface area contributed by atoms with Crippen molar-refractivity contribution in [2.45, 2.75) is 39.7 Å². The number of rotatable bonds is 7. The quantitative estimate of drug-likeness (QED) is 0.775. The highest BCUT2D eigenvalue weighted by Gasteiger charge is 2.16. The van der Waals surface area contributed by atoms with Crippen LogP contribution in [0.4, 0.5) is 0 Å². The Bertz CT molecular complexity index is 475. The van der Waals surface area contributed by atoms with Crippen molar-refractivity contribution >= 4 is 0 Å². The summed E-state index contributed by atoms with van der Waals surface area (Å²) in [6.45, 7) is 6.05. The summed E-state index contributed by atoms with van der Waals surface area (Å²) in [5.41, 5.74) is 0.413. The van der Waals surface area contributed by atoms with Gasteiger partial charge in [0.15, 0.2) is 0 Å². The summed E-state index contributed by atoms with van der Waals surface area (Å²) in [5.74, 6) is 1.33. The van der Waals surface area contributed by atoms with Crippen molar-refractivity contribution in [2.24, 2.45) is 5.41 Å². The standard InChI is InChI=1S/C16H23NO3/c1-12(18)14-7-6-13(19-4)10-15(14)20-9-5-8-16(2,3)11-17/h6-7,10,12,18H,5,8-9H2,1-4H3/t12-/m0/s1. The molecule has 4 nitrogen and oxygen atoms in total. The zero-order chi connectivity index (χ0) is 15.2. The molecule has 0 amide bonds. The van der Waals surface area contributed by atoms with E-state index in [2.05, 4.69) is 6.07 Å². The lowest BCUT2D eigenvalue weighted by atomic mass is 9.90. The van der Waals surface area contributed by atoms with Crippen molar-refractivity contribution < 1.29 is 14.6 Å². The number of aliphatic hydroxyl groups is 1. The molecule has 0 unspecified atom stereocenters. The Hall–Kier alpha value is -1.73. The topological polar surface area (TPSA) is 62.5 Å². The van der Waals surface area contributed by atoms with Gasteiger partial charge in [0.25, 0.3) is 0 Å². The molecule has 4 heteroatoms. The van der Waals surface area contributed by atoms with Crippen molar-refractivity contribution in [1.82, 2.24) is 0 Å². The van der Waals surface area contributed by atoms with Crippen LogP contribution in [0.5, 0.6) is 11.5 Å². The first-order chi connectivity index (χ1) is 9.39. The molecule has 1 N–H and O–H groups in total. The summed E-state index contributed by atoms with van der Waals surface area (Å²) < 4.78 is 10.9. The number of hydrogen-bond acceptors (Lipinski definition) is 4. The Balaban J connectivity index is 2.65. The monoisotopic (exact) mass is 277 g/mol. The van der Waals surface area contributed by atoms with Gasteiger partial charge in [-0.25, -0.2) is 0 Å². The second kappa shape index (κ2) is 7.16. The fourth-order valence-corrected chi connectivity index (χ4v) is 1.86. The molecule has 0 aliphatic heterocycles. The van der Waals surface area contributed by atoms with Crippen LogP contribution in [0.2, 0.25) is 0 Å². The van der Waals surface area contributed by atoms with Gasteiger partial charge in [0.2, 0.25) is 0 Å². The second-order valence-electron chi connectivity index (χ2n) is 5.53. The first kappa shape index (κ1) is 16.3. The lowest BCUT2D eigenvalue weighted by Gasteiger charge is -2.17. The molecule has 0 aromatic heterocycles. The summed E-state index contributed by atoms with van der Waals surface area (Å²) in [6.07, 6.45) is 0.973. The van der Waals surface area contributed by atoms with Crippen LogP contribution < -0.4 is 9.47 Å². The molecule has 0 aliphatic carbocycles. The molecule has 1 aromatic carbocycles. The van der Waals surface area contributed by atoms with Crippen LogP contribution in [0.1, 0.15) is 45.3 Å². The molecular weight excluding hydrogens is 254 g/mol. The van der Waals surface area contributed by atoms with Gasteiger partial charge in [0.1, 0.15) is 11.5 Å². The van der Waals surface area contributed by atoms with Crippen molar-refractivity contribution in [3.63, 3.8) is 0 Å². The van der Waals surface area contributed by atoms with Crippen LogP contribution in [0, 0.1) is 16.7 Å². The molecule has 20 heavy (non-hydrogen) atoms. The lowest BCUT2D eigenvalue weighted by Crippen LogP contribution is -2.10. The number of nitriles is 1. The van der Waals surface area contributed by atoms with Crippen LogP contribution in [0.15, 0.2) is 18.2 Å². The highest BCUT2D eigenvalue weighted by molar-refractivity contribution is 5.41. The maximum absolute atomic E-state index is 9.73. The number of hydrogen-bond donors (Lipinski definition) is 1. The van der Waals surface area contributed by atoms with E-state index in [4.69, 9.17) is 14.7 Å². The van der Waals surface area contributed by atoms with Gasteiger partial charge in [-0.15, -0.1) is 0 Å². The smallest absolute Gasteiger partial charge is 0.128 e. The molecule has 1 aromatic rings. The average molecular weight is 277 g/mol. The minimum atomic E-state index is -0.591. The number of methoxy groups -OCH3 is 1. The van der Waals surface area contributed by atoms with E-state index in [-0.39, 0.29) is 5.41 Å². The van der Waals surface area contributed by atoms with Crippen LogP contribution in [-0.2, 0) is 0 Å². The van der Waals surface area contributed by atoms with Crippen molar-refractivity contribution in [2.75, 3.05) is 13.7 Å². The zero-order valence-corrected chi connectivity index (χ0v) is 12.6. The van der Waals surface area contributed by atoms with Gasteiger partial charge in [-0.3, -0.25) is 0 Å². The predicted molar refractivity (Wildman–Crippen MR) is 77.8 cm³/mol. The molecular formula is C16H23NO3. The summed E-state index contributed by atoms with van der Waals surface area (Å²) in [6, 6.07) is 7.65. The Kier molecular flexibility index (Phi) is 5.84. The molecule has 0 aliphatic rings. The molecule has 0 bridgehead atoms. The first-order valence-electron chi connectivity index (χ1n) is 6.79. The van der Waals surface area contributed by atoms with E-state index in [1.807, 2.05) is 13.8 Å². The van der Waals surface area contributed by atoms with Gasteiger partial charge in [0.05, 0.1) is 31.3 Å². The van der Waals surface area contributed by atoms with E-state index in [1.54, 1.807) is 32.2 Å². The maximum Gasteiger partial charge on any atom is 0.128 e. The summed E-state index contributed by atoms with van der Waals surface area (Å²) in [4.78, 5) is 0. The lowest BCUT2D eigenvalue weighted by molar-refractivity contribution is 0.189. The minimum absolute atomic E-state index is 0.329. The Labute approximate surface area is 120 Å². The van der Waals surface area contributed by atoms with Crippen LogP contribution >= 0.6 is 0 Å². The number of aliphatic hydroxyl groups excluding tert-OH is 1. The third-order valence-corrected chi connectivity index (χ3v) is 3.18. The van der Waals surface area contributed by atoms with Crippen LogP contribution in [0.3, 0.4) is 0 Å². The number of ether oxygens (including phenoxy) is 2. The summed E-state index contributed by atoms with van der Waals surface area (Å²) >= 11 is 0. The maximum atomic E-state index is 9.73. The van der Waals surface area contributed by atoms with Gasteiger partial charge < -0.3 is 14.6 Å². The van der Waals surface area contributed by atoms with Crippen molar-refractivity contribution in [1.29, 1.82) is 5.26 Å². The van der Waals surface area contributed by atoms with E-state index >= 15 is 0 Å². The average Bonchev–Trinajstić information content (AvgIpc) is 2.43. The van der Waals surface area contributed by atoms with Gasteiger partial charge in [0, 0.05) is 11.6 Å². The molecule has 1 atom stereocenters.